The van der Waals surface area contributed by atoms with Crippen molar-refractivity contribution in [1.29, 1.82) is 0 Å². The fourth-order valence-corrected chi connectivity index (χ4v) is 1.99. The van der Waals surface area contributed by atoms with Gasteiger partial charge in [-0.25, -0.2) is 0 Å². The van der Waals surface area contributed by atoms with Crippen molar-refractivity contribution in [3.05, 3.63) is 30.5 Å². The monoisotopic (exact) mass is 221 g/mol. The van der Waals surface area contributed by atoms with Crippen molar-refractivity contribution in [3.8, 4) is 5.75 Å². The number of aromatic nitrogens is 2. The number of nitrogens with one attached hydrogen (secondary N) is 1. The van der Waals surface area contributed by atoms with Crippen molar-refractivity contribution in [1.82, 2.24) is 10.2 Å². The third-order valence-electron chi connectivity index (χ3n) is 1.90. The van der Waals surface area contributed by atoms with Gasteiger partial charge in [-0.3, -0.25) is 5.10 Å². The van der Waals surface area contributed by atoms with Crippen LogP contribution in [0.1, 0.15) is 0 Å². The first kappa shape index (κ1) is 9.92. The fourth-order valence-electron chi connectivity index (χ4n) is 1.16. The molecule has 0 radical (unpaired) electrons. The number of methoxy groups -OCH3 is 1. The summed E-state index contributed by atoms with van der Waals surface area (Å²) in [5, 5.41) is 6.55. The number of nitrogens with zero attached hydrogens (tertiary/aromatic N) is 1. The standard InChI is InChI=1S/C10H11N3OS/c1-14-7-3-2-4-8(5-7)15-9-6-12-13-10(9)11/h2-6H,1H3,(H3,11,12,13). The van der Waals surface area contributed by atoms with E-state index in [1.807, 2.05) is 24.3 Å². The minimum Gasteiger partial charge on any atom is -0.497 e. The lowest BCUT2D eigenvalue weighted by Crippen LogP contribution is -1.86. The molecule has 0 spiro atoms. The maximum atomic E-state index is 5.69. The molecule has 4 nitrogen and oxygen atoms in total. The Bertz CT molecular complexity index is 455. The molecular weight excluding hydrogens is 210 g/mol. The second-order valence-electron chi connectivity index (χ2n) is 2.93. The Balaban J connectivity index is 2.21. The number of ether oxygens (including phenoxy) is 1. The number of hydrogen-bond acceptors (Lipinski definition) is 4. The molecule has 0 unspecified atom stereocenters. The van der Waals surface area contributed by atoms with Crippen molar-refractivity contribution < 1.29 is 4.74 Å². The van der Waals surface area contributed by atoms with E-state index in [0.717, 1.165) is 15.5 Å². The molecule has 0 aliphatic carbocycles. The van der Waals surface area contributed by atoms with Crippen LogP contribution in [0.3, 0.4) is 0 Å². The molecule has 0 aliphatic heterocycles. The van der Waals surface area contributed by atoms with Gasteiger partial charge >= 0.3 is 0 Å². The molecule has 0 fully saturated rings. The quantitative estimate of drug-likeness (QED) is 0.833. The number of H-pyrrole nitrogens is 1. The number of aromatic amines is 1. The van der Waals surface area contributed by atoms with E-state index in [1.165, 1.54) is 0 Å². The molecule has 78 valence electrons. The Labute approximate surface area is 91.8 Å². The molecule has 15 heavy (non-hydrogen) atoms. The molecule has 2 rings (SSSR count). The van der Waals surface area contributed by atoms with Crippen LogP contribution in [-0.2, 0) is 0 Å². The van der Waals surface area contributed by atoms with Crippen LogP contribution in [-0.4, -0.2) is 17.3 Å². The van der Waals surface area contributed by atoms with Gasteiger partial charge in [0.25, 0.3) is 0 Å². The van der Waals surface area contributed by atoms with E-state index in [0.29, 0.717) is 5.82 Å². The third kappa shape index (κ3) is 2.24. The van der Waals surface area contributed by atoms with Gasteiger partial charge in [0.2, 0.25) is 0 Å². The highest BCUT2D eigenvalue weighted by atomic mass is 32.2. The summed E-state index contributed by atoms with van der Waals surface area (Å²) < 4.78 is 5.14. The van der Waals surface area contributed by atoms with E-state index >= 15 is 0 Å². The van der Waals surface area contributed by atoms with Gasteiger partial charge in [0, 0.05) is 4.90 Å². The van der Waals surface area contributed by atoms with Gasteiger partial charge in [-0.1, -0.05) is 17.8 Å². The molecule has 1 heterocycles. The van der Waals surface area contributed by atoms with Crippen LogP contribution in [0.15, 0.2) is 40.3 Å². The van der Waals surface area contributed by atoms with Crippen LogP contribution in [0.4, 0.5) is 5.82 Å². The molecule has 0 aliphatic rings. The normalized spacial score (nSPS) is 10.2. The van der Waals surface area contributed by atoms with Gasteiger partial charge in [0.1, 0.15) is 11.6 Å². The first-order valence-corrected chi connectivity index (χ1v) is 5.22. The zero-order valence-corrected chi connectivity index (χ0v) is 9.04. The first-order valence-electron chi connectivity index (χ1n) is 4.40. The number of nitrogen functional groups attached to an aromatic ring is 1. The molecule has 0 atom stereocenters. The Morgan fingerprint density at radius 1 is 1.47 bits per heavy atom. The Hall–Kier alpha value is -1.62. The van der Waals surface area contributed by atoms with Crippen molar-refractivity contribution in [2.24, 2.45) is 0 Å². The van der Waals surface area contributed by atoms with Crippen molar-refractivity contribution in [3.63, 3.8) is 0 Å². The summed E-state index contributed by atoms with van der Waals surface area (Å²) in [6.45, 7) is 0. The molecule has 0 saturated heterocycles. The number of nitrogens with two attached hydrogens (primary N) is 1. The number of hydrogen-bond donors (Lipinski definition) is 2. The van der Waals surface area contributed by atoms with Crippen molar-refractivity contribution in [2.75, 3.05) is 12.8 Å². The number of rotatable bonds is 3. The van der Waals surface area contributed by atoms with E-state index < -0.39 is 0 Å². The highest BCUT2D eigenvalue weighted by molar-refractivity contribution is 7.99. The summed E-state index contributed by atoms with van der Waals surface area (Å²) in [6.07, 6.45) is 1.71. The largest absolute Gasteiger partial charge is 0.497 e. The van der Waals surface area contributed by atoms with Crippen molar-refractivity contribution in [2.45, 2.75) is 9.79 Å². The molecule has 2 aromatic rings. The molecule has 0 bridgehead atoms. The highest BCUT2D eigenvalue weighted by Crippen LogP contribution is 2.32. The average molecular weight is 221 g/mol. The van der Waals surface area contributed by atoms with Crippen LogP contribution in [0.2, 0.25) is 0 Å². The summed E-state index contributed by atoms with van der Waals surface area (Å²) in [5.41, 5.74) is 5.69. The zero-order chi connectivity index (χ0) is 10.7. The lowest BCUT2D eigenvalue weighted by atomic mass is 10.3. The predicted molar refractivity (Wildman–Crippen MR) is 60.1 cm³/mol. The number of anilines is 1. The SMILES string of the molecule is COc1cccc(Sc2cn[nH]c2N)c1. The first-order chi connectivity index (χ1) is 7.29. The Kier molecular flexibility index (Phi) is 2.82. The van der Waals surface area contributed by atoms with E-state index in [-0.39, 0.29) is 0 Å². The molecular formula is C10H11N3OS. The molecule has 0 amide bonds. The smallest absolute Gasteiger partial charge is 0.133 e. The predicted octanol–water partition coefficient (Wildman–Crippen LogP) is 2.15. The molecule has 1 aromatic carbocycles. The average Bonchev–Trinajstić information content (AvgIpc) is 2.65. The minimum absolute atomic E-state index is 0.586. The van der Waals surface area contributed by atoms with Crippen LogP contribution < -0.4 is 10.5 Å². The van der Waals surface area contributed by atoms with Gasteiger partial charge in [0.05, 0.1) is 18.2 Å². The van der Waals surface area contributed by atoms with Gasteiger partial charge in [-0.15, -0.1) is 0 Å². The zero-order valence-electron chi connectivity index (χ0n) is 8.23. The van der Waals surface area contributed by atoms with Gasteiger partial charge in [-0.05, 0) is 18.2 Å². The topological polar surface area (TPSA) is 63.9 Å². The van der Waals surface area contributed by atoms with E-state index in [2.05, 4.69) is 10.2 Å². The number of benzene rings is 1. The van der Waals surface area contributed by atoms with Crippen molar-refractivity contribution >= 4 is 17.6 Å². The minimum atomic E-state index is 0.586. The van der Waals surface area contributed by atoms with E-state index in [4.69, 9.17) is 10.5 Å². The van der Waals surface area contributed by atoms with Gasteiger partial charge in [0.15, 0.2) is 0 Å². The highest BCUT2D eigenvalue weighted by Gasteiger charge is 2.04. The summed E-state index contributed by atoms with van der Waals surface area (Å²) in [7, 11) is 1.65. The second kappa shape index (κ2) is 4.27. The molecule has 3 N–H and O–H groups in total. The lowest BCUT2D eigenvalue weighted by molar-refractivity contribution is 0.413. The Morgan fingerprint density at radius 3 is 3.00 bits per heavy atom. The van der Waals surface area contributed by atoms with Gasteiger partial charge in [-0.2, -0.15) is 5.10 Å². The van der Waals surface area contributed by atoms with E-state index in [9.17, 15) is 0 Å². The second-order valence-corrected chi connectivity index (χ2v) is 4.04. The fraction of sp³-hybridized carbons (Fsp3) is 0.100. The lowest BCUT2D eigenvalue weighted by Gasteiger charge is -2.02. The summed E-state index contributed by atoms with van der Waals surface area (Å²) in [6, 6.07) is 7.80. The van der Waals surface area contributed by atoms with Crippen LogP contribution in [0, 0.1) is 0 Å². The van der Waals surface area contributed by atoms with Crippen LogP contribution in [0.25, 0.3) is 0 Å². The van der Waals surface area contributed by atoms with Crippen LogP contribution in [0.5, 0.6) is 5.75 Å². The molecule has 5 heteroatoms. The maximum absolute atomic E-state index is 5.69. The molecule has 1 aromatic heterocycles. The molecule has 0 saturated carbocycles. The third-order valence-corrected chi connectivity index (χ3v) is 2.94. The summed E-state index contributed by atoms with van der Waals surface area (Å²) in [5.74, 6) is 1.42. The van der Waals surface area contributed by atoms with Crippen LogP contribution >= 0.6 is 11.8 Å². The summed E-state index contributed by atoms with van der Waals surface area (Å²) in [4.78, 5) is 1.99. The van der Waals surface area contributed by atoms with Gasteiger partial charge < -0.3 is 10.5 Å². The Morgan fingerprint density at radius 2 is 2.33 bits per heavy atom. The van der Waals surface area contributed by atoms with E-state index in [1.54, 1.807) is 25.1 Å². The summed E-state index contributed by atoms with van der Waals surface area (Å²) >= 11 is 1.55. The maximum Gasteiger partial charge on any atom is 0.133 e.